The quantitative estimate of drug-likeness (QED) is 0.607. The monoisotopic (exact) mass is 426 g/mol. The van der Waals surface area contributed by atoms with Gasteiger partial charge < -0.3 is 24.0 Å². The molecule has 0 bridgehead atoms. The van der Waals surface area contributed by atoms with Crippen LogP contribution in [-0.4, -0.2) is 68.6 Å². The van der Waals surface area contributed by atoms with Crippen molar-refractivity contribution < 1.29 is 23.8 Å². The second-order valence-electron chi connectivity index (χ2n) is 7.46. The fourth-order valence-corrected chi connectivity index (χ4v) is 3.59. The standard InChI is InChI=1S/C24H30N2O5/c1-18-7-4-5-8-20(18)31-16-6-9-23(27)25-12-14-26(15-13-25)24(28)19-10-11-21(29-2)22(17-19)30-3/h4-5,7-8,10-11,17H,6,9,12-16H2,1-3H3. The van der Waals surface area contributed by atoms with Gasteiger partial charge in [0, 0.05) is 38.2 Å². The van der Waals surface area contributed by atoms with E-state index in [1.807, 2.05) is 36.1 Å². The van der Waals surface area contributed by atoms with Gasteiger partial charge in [0.05, 0.1) is 20.8 Å². The molecule has 1 aliphatic heterocycles. The van der Waals surface area contributed by atoms with Gasteiger partial charge >= 0.3 is 0 Å². The van der Waals surface area contributed by atoms with Crippen molar-refractivity contribution >= 4 is 11.8 Å². The average Bonchev–Trinajstić information content (AvgIpc) is 2.81. The molecule has 31 heavy (non-hydrogen) atoms. The van der Waals surface area contributed by atoms with Crippen LogP contribution in [0.25, 0.3) is 0 Å². The van der Waals surface area contributed by atoms with Crippen molar-refractivity contribution in [2.45, 2.75) is 19.8 Å². The molecule has 0 unspecified atom stereocenters. The summed E-state index contributed by atoms with van der Waals surface area (Å²) in [6, 6.07) is 13.0. The number of rotatable bonds is 8. The number of hydrogen-bond donors (Lipinski definition) is 0. The largest absolute Gasteiger partial charge is 0.493 e. The van der Waals surface area contributed by atoms with Gasteiger partial charge in [-0.05, 0) is 43.2 Å². The van der Waals surface area contributed by atoms with Crippen LogP contribution in [0.5, 0.6) is 17.2 Å². The first-order chi connectivity index (χ1) is 15.0. The maximum Gasteiger partial charge on any atom is 0.254 e. The summed E-state index contributed by atoms with van der Waals surface area (Å²) in [6.45, 7) is 4.61. The predicted molar refractivity (Wildman–Crippen MR) is 118 cm³/mol. The zero-order valence-electron chi connectivity index (χ0n) is 18.4. The van der Waals surface area contributed by atoms with Crippen molar-refractivity contribution in [1.29, 1.82) is 0 Å². The number of piperazine rings is 1. The molecule has 166 valence electrons. The lowest BCUT2D eigenvalue weighted by Crippen LogP contribution is -2.50. The lowest BCUT2D eigenvalue weighted by molar-refractivity contribution is -0.132. The number of carbonyl (C=O) groups excluding carboxylic acids is 2. The van der Waals surface area contributed by atoms with Crippen LogP contribution < -0.4 is 14.2 Å². The van der Waals surface area contributed by atoms with Crippen LogP contribution in [0, 0.1) is 6.92 Å². The van der Waals surface area contributed by atoms with E-state index in [1.165, 1.54) is 0 Å². The van der Waals surface area contributed by atoms with Crippen molar-refractivity contribution in [1.82, 2.24) is 9.80 Å². The van der Waals surface area contributed by atoms with Crippen LogP contribution in [0.15, 0.2) is 42.5 Å². The Morgan fingerprint density at radius 1 is 0.871 bits per heavy atom. The van der Waals surface area contributed by atoms with E-state index < -0.39 is 0 Å². The van der Waals surface area contributed by atoms with Gasteiger partial charge in [0.1, 0.15) is 5.75 Å². The summed E-state index contributed by atoms with van der Waals surface area (Å²) in [5, 5.41) is 0. The highest BCUT2D eigenvalue weighted by Gasteiger charge is 2.25. The molecule has 1 heterocycles. The molecule has 1 saturated heterocycles. The summed E-state index contributed by atoms with van der Waals surface area (Å²) >= 11 is 0. The van der Waals surface area contributed by atoms with Crippen LogP contribution in [0.3, 0.4) is 0 Å². The molecule has 2 aromatic rings. The van der Waals surface area contributed by atoms with E-state index in [-0.39, 0.29) is 11.8 Å². The zero-order chi connectivity index (χ0) is 22.2. The fourth-order valence-electron chi connectivity index (χ4n) is 3.59. The number of aryl methyl sites for hydroxylation is 1. The first-order valence-corrected chi connectivity index (χ1v) is 10.5. The van der Waals surface area contributed by atoms with Crippen LogP contribution in [-0.2, 0) is 4.79 Å². The van der Waals surface area contributed by atoms with Gasteiger partial charge in [-0.15, -0.1) is 0 Å². The molecule has 0 spiro atoms. The zero-order valence-corrected chi connectivity index (χ0v) is 18.4. The van der Waals surface area contributed by atoms with Crippen LogP contribution in [0.1, 0.15) is 28.8 Å². The highest BCUT2D eigenvalue weighted by molar-refractivity contribution is 5.95. The summed E-state index contributed by atoms with van der Waals surface area (Å²) in [5.74, 6) is 2.00. The molecule has 0 aromatic heterocycles. The molecule has 7 heteroatoms. The number of hydrogen-bond acceptors (Lipinski definition) is 5. The van der Waals surface area contributed by atoms with Crippen LogP contribution in [0.2, 0.25) is 0 Å². The highest BCUT2D eigenvalue weighted by atomic mass is 16.5. The Morgan fingerprint density at radius 2 is 1.55 bits per heavy atom. The molecular weight excluding hydrogens is 396 g/mol. The third-order valence-corrected chi connectivity index (χ3v) is 5.44. The number of ether oxygens (including phenoxy) is 3. The van der Waals surface area contributed by atoms with Gasteiger partial charge in [0.15, 0.2) is 11.5 Å². The number of methoxy groups -OCH3 is 2. The maximum atomic E-state index is 12.8. The molecule has 1 fully saturated rings. The Balaban J connectivity index is 1.44. The molecule has 0 atom stereocenters. The first-order valence-electron chi connectivity index (χ1n) is 10.5. The van der Waals surface area contributed by atoms with Crippen LogP contribution in [0.4, 0.5) is 0 Å². The molecule has 7 nitrogen and oxygen atoms in total. The van der Waals surface area contributed by atoms with E-state index >= 15 is 0 Å². The minimum absolute atomic E-state index is 0.0697. The Morgan fingerprint density at radius 3 is 2.23 bits per heavy atom. The second-order valence-corrected chi connectivity index (χ2v) is 7.46. The summed E-state index contributed by atoms with van der Waals surface area (Å²) in [6.07, 6.45) is 1.10. The third kappa shape index (κ3) is 5.69. The highest BCUT2D eigenvalue weighted by Crippen LogP contribution is 2.28. The van der Waals surface area contributed by atoms with E-state index in [4.69, 9.17) is 14.2 Å². The van der Waals surface area contributed by atoms with Crippen molar-refractivity contribution in [2.75, 3.05) is 47.0 Å². The van der Waals surface area contributed by atoms with Gasteiger partial charge in [-0.2, -0.15) is 0 Å². The number of carbonyl (C=O) groups is 2. The Labute approximate surface area is 183 Å². The summed E-state index contributed by atoms with van der Waals surface area (Å²) < 4.78 is 16.3. The number of amides is 2. The molecular formula is C24H30N2O5. The normalized spacial score (nSPS) is 13.6. The van der Waals surface area contributed by atoms with Crippen molar-refractivity contribution in [3.05, 3.63) is 53.6 Å². The fraction of sp³-hybridized carbons (Fsp3) is 0.417. The second kappa shape index (κ2) is 10.7. The molecule has 0 aliphatic carbocycles. The number of nitrogens with zero attached hydrogens (tertiary/aromatic N) is 2. The first kappa shape index (κ1) is 22.5. The minimum Gasteiger partial charge on any atom is -0.493 e. The van der Waals surface area contributed by atoms with E-state index in [2.05, 4.69) is 0 Å². The molecule has 2 amide bonds. The Bertz CT molecular complexity index is 907. The van der Waals surface area contributed by atoms with Gasteiger partial charge in [-0.1, -0.05) is 18.2 Å². The van der Waals surface area contributed by atoms with Gasteiger partial charge in [0.2, 0.25) is 5.91 Å². The van der Waals surface area contributed by atoms with Crippen molar-refractivity contribution in [3.8, 4) is 17.2 Å². The summed E-state index contributed by atoms with van der Waals surface area (Å²) in [5.41, 5.74) is 1.63. The van der Waals surface area contributed by atoms with Crippen molar-refractivity contribution in [2.24, 2.45) is 0 Å². The van der Waals surface area contributed by atoms with E-state index in [0.717, 1.165) is 11.3 Å². The SMILES string of the molecule is COc1ccc(C(=O)N2CCN(C(=O)CCCOc3ccccc3C)CC2)cc1OC. The van der Waals surface area contributed by atoms with Gasteiger partial charge in [-0.3, -0.25) is 9.59 Å². The topological polar surface area (TPSA) is 68.3 Å². The Kier molecular flexibility index (Phi) is 7.76. The lowest BCUT2D eigenvalue weighted by atomic mass is 10.1. The van der Waals surface area contributed by atoms with E-state index in [0.29, 0.717) is 62.7 Å². The summed E-state index contributed by atoms with van der Waals surface area (Å²) in [7, 11) is 3.10. The molecule has 2 aromatic carbocycles. The lowest BCUT2D eigenvalue weighted by Gasteiger charge is -2.35. The molecule has 0 N–H and O–H groups in total. The minimum atomic E-state index is -0.0697. The van der Waals surface area contributed by atoms with Gasteiger partial charge in [-0.25, -0.2) is 0 Å². The predicted octanol–water partition coefficient (Wildman–Crippen LogP) is 3.16. The van der Waals surface area contributed by atoms with Gasteiger partial charge in [0.25, 0.3) is 5.91 Å². The number of para-hydroxylation sites is 1. The Hall–Kier alpha value is -3.22. The van der Waals surface area contributed by atoms with E-state index in [1.54, 1.807) is 37.3 Å². The van der Waals surface area contributed by atoms with E-state index in [9.17, 15) is 9.59 Å². The van der Waals surface area contributed by atoms with Crippen molar-refractivity contribution in [3.63, 3.8) is 0 Å². The smallest absolute Gasteiger partial charge is 0.254 e. The summed E-state index contributed by atoms with van der Waals surface area (Å²) in [4.78, 5) is 28.9. The molecule has 3 rings (SSSR count). The molecule has 0 radical (unpaired) electrons. The number of benzene rings is 2. The maximum absolute atomic E-state index is 12.8. The molecule has 1 aliphatic rings. The average molecular weight is 427 g/mol. The molecule has 0 saturated carbocycles. The van der Waals surface area contributed by atoms with Crippen LogP contribution >= 0.6 is 0 Å². The third-order valence-electron chi connectivity index (χ3n) is 5.44.